The second-order valence-electron chi connectivity index (χ2n) is 5.25. The molecule has 0 bridgehead atoms. The minimum Gasteiger partial charge on any atom is -0.480 e. The molecule has 5 heteroatoms. The fourth-order valence-corrected chi connectivity index (χ4v) is 1.95. The Morgan fingerprint density at radius 3 is 2.44 bits per heavy atom. The summed E-state index contributed by atoms with van der Waals surface area (Å²) in [4.78, 5) is 25.0. The molecule has 1 fully saturated rings. The second-order valence-corrected chi connectivity index (χ2v) is 5.25. The largest absolute Gasteiger partial charge is 0.480 e. The Morgan fingerprint density at radius 1 is 1.56 bits per heavy atom. The highest BCUT2D eigenvalue weighted by molar-refractivity contribution is 5.86. The Kier molecular flexibility index (Phi) is 4.38. The molecule has 0 radical (unpaired) electrons. The Morgan fingerprint density at radius 2 is 2.11 bits per heavy atom. The molecular formula is C13H22N2O3. The highest BCUT2D eigenvalue weighted by Gasteiger charge is 2.49. The van der Waals surface area contributed by atoms with Crippen molar-refractivity contribution in [1.82, 2.24) is 10.2 Å². The number of amides is 2. The van der Waals surface area contributed by atoms with Gasteiger partial charge in [-0.1, -0.05) is 6.08 Å². The van der Waals surface area contributed by atoms with Gasteiger partial charge in [-0.2, -0.15) is 0 Å². The van der Waals surface area contributed by atoms with Crippen molar-refractivity contribution in [2.45, 2.75) is 45.2 Å². The lowest BCUT2D eigenvalue weighted by Gasteiger charge is -2.32. The molecule has 1 saturated carbocycles. The topological polar surface area (TPSA) is 69.6 Å². The normalized spacial score (nSPS) is 18.0. The van der Waals surface area contributed by atoms with Crippen LogP contribution in [0.1, 0.15) is 33.6 Å². The van der Waals surface area contributed by atoms with Gasteiger partial charge in [0.1, 0.15) is 5.54 Å². The molecule has 2 N–H and O–H groups in total. The highest BCUT2D eigenvalue weighted by Crippen LogP contribution is 2.39. The number of hydrogen-bond acceptors (Lipinski definition) is 2. The number of aliphatic carboxylic acids is 1. The van der Waals surface area contributed by atoms with Crippen molar-refractivity contribution in [1.29, 1.82) is 0 Å². The molecule has 2 amide bonds. The molecule has 1 atom stereocenters. The van der Waals surface area contributed by atoms with Gasteiger partial charge in [0, 0.05) is 12.6 Å². The molecule has 0 aromatic carbocycles. The van der Waals surface area contributed by atoms with Crippen LogP contribution in [0.25, 0.3) is 0 Å². The number of urea groups is 1. The number of nitrogens with zero attached hydrogens (tertiary/aromatic N) is 1. The average molecular weight is 254 g/mol. The van der Waals surface area contributed by atoms with Gasteiger partial charge in [0.05, 0.1) is 0 Å². The lowest BCUT2D eigenvalue weighted by atomic mass is 9.96. The fourth-order valence-electron chi connectivity index (χ4n) is 1.95. The van der Waals surface area contributed by atoms with Gasteiger partial charge < -0.3 is 15.3 Å². The van der Waals surface area contributed by atoms with E-state index in [9.17, 15) is 14.7 Å². The monoisotopic (exact) mass is 254 g/mol. The van der Waals surface area contributed by atoms with Crippen molar-refractivity contribution in [3.05, 3.63) is 12.7 Å². The van der Waals surface area contributed by atoms with E-state index in [4.69, 9.17) is 0 Å². The fraction of sp³-hybridized carbons (Fsp3) is 0.692. The quantitative estimate of drug-likeness (QED) is 0.711. The maximum Gasteiger partial charge on any atom is 0.329 e. The van der Waals surface area contributed by atoms with Gasteiger partial charge in [-0.05, 0) is 39.5 Å². The zero-order valence-electron chi connectivity index (χ0n) is 11.3. The molecule has 0 aliphatic heterocycles. The van der Waals surface area contributed by atoms with Gasteiger partial charge in [0.15, 0.2) is 0 Å². The summed E-state index contributed by atoms with van der Waals surface area (Å²) in [5, 5.41) is 11.9. The first kappa shape index (κ1) is 14.5. The number of carbonyl (C=O) groups excluding carboxylic acids is 1. The van der Waals surface area contributed by atoms with Crippen molar-refractivity contribution in [3.63, 3.8) is 0 Å². The zero-order valence-corrected chi connectivity index (χ0v) is 11.3. The molecule has 18 heavy (non-hydrogen) atoms. The molecule has 1 rings (SSSR count). The van der Waals surface area contributed by atoms with Gasteiger partial charge in [-0.15, -0.1) is 6.58 Å². The predicted octanol–water partition coefficient (Wildman–Crippen LogP) is 1.85. The van der Waals surface area contributed by atoms with Crippen molar-refractivity contribution in [3.8, 4) is 0 Å². The summed E-state index contributed by atoms with van der Waals surface area (Å²) in [6.45, 7) is 9.37. The predicted molar refractivity (Wildman–Crippen MR) is 69.3 cm³/mol. The Labute approximate surface area is 108 Å². The third kappa shape index (κ3) is 3.03. The van der Waals surface area contributed by atoms with Crippen LogP contribution in [-0.4, -0.2) is 40.1 Å². The molecule has 1 unspecified atom stereocenters. The van der Waals surface area contributed by atoms with Crippen LogP contribution in [0, 0.1) is 5.92 Å². The molecule has 0 heterocycles. The molecule has 5 nitrogen and oxygen atoms in total. The summed E-state index contributed by atoms with van der Waals surface area (Å²) >= 11 is 0. The van der Waals surface area contributed by atoms with Crippen molar-refractivity contribution >= 4 is 12.0 Å². The van der Waals surface area contributed by atoms with Crippen LogP contribution in [0.4, 0.5) is 4.79 Å². The van der Waals surface area contributed by atoms with Crippen molar-refractivity contribution in [2.24, 2.45) is 5.92 Å². The summed E-state index contributed by atoms with van der Waals surface area (Å²) < 4.78 is 0. The van der Waals surface area contributed by atoms with Crippen LogP contribution < -0.4 is 5.32 Å². The molecule has 102 valence electrons. The first-order chi connectivity index (χ1) is 8.32. The van der Waals surface area contributed by atoms with Gasteiger partial charge in [-0.25, -0.2) is 9.59 Å². The number of hydrogen-bond donors (Lipinski definition) is 2. The van der Waals surface area contributed by atoms with Gasteiger partial charge in [0.2, 0.25) is 0 Å². The van der Waals surface area contributed by atoms with E-state index < -0.39 is 11.5 Å². The third-order valence-electron chi connectivity index (χ3n) is 3.41. The molecule has 1 aliphatic rings. The van der Waals surface area contributed by atoms with Crippen LogP contribution in [0.3, 0.4) is 0 Å². The van der Waals surface area contributed by atoms with Crippen LogP contribution in [-0.2, 0) is 4.79 Å². The van der Waals surface area contributed by atoms with E-state index in [1.807, 2.05) is 13.8 Å². The number of nitrogens with one attached hydrogen (secondary N) is 1. The van der Waals surface area contributed by atoms with E-state index in [0.717, 1.165) is 12.8 Å². The van der Waals surface area contributed by atoms with E-state index in [-0.39, 0.29) is 18.0 Å². The SMILES string of the molecule is C=CCN(C(=O)NC(C)(C(=O)O)C1CC1)C(C)C. The van der Waals surface area contributed by atoms with Gasteiger partial charge >= 0.3 is 12.0 Å². The first-order valence-corrected chi connectivity index (χ1v) is 6.26. The van der Waals surface area contributed by atoms with Crippen LogP contribution in [0.2, 0.25) is 0 Å². The van der Waals surface area contributed by atoms with E-state index >= 15 is 0 Å². The molecule has 1 aliphatic carbocycles. The number of rotatable bonds is 6. The molecule has 0 aromatic rings. The van der Waals surface area contributed by atoms with E-state index in [0.29, 0.717) is 6.54 Å². The lowest BCUT2D eigenvalue weighted by molar-refractivity contribution is -0.144. The minimum absolute atomic E-state index is 0.000230. The number of carbonyl (C=O) groups is 2. The maximum absolute atomic E-state index is 12.1. The van der Waals surface area contributed by atoms with Crippen LogP contribution >= 0.6 is 0 Å². The van der Waals surface area contributed by atoms with Gasteiger partial charge in [-0.3, -0.25) is 0 Å². The van der Waals surface area contributed by atoms with E-state index in [2.05, 4.69) is 11.9 Å². The average Bonchev–Trinajstić information content (AvgIpc) is 3.08. The summed E-state index contributed by atoms with van der Waals surface area (Å²) in [6, 6.07) is -0.345. The number of carboxylic acid groups (broad SMARTS) is 1. The lowest BCUT2D eigenvalue weighted by Crippen LogP contribution is -2.58. The van der Waals surface area contributed by atoms with Crippen molar-refractivity contribution in [2.75, 3.05) is 6.54 Å². The minimum atomic E-state index is -1.16. The maximum atomic E-state index is 12.1. The molecule has 0 spiro atoms. The standard InChI is InChI=1S/C13H22N2O3/c1-5-8-15(9(2)3)12(18)14-13(4,11(16)17)10-6-7-10/h5,9-10H,1,6-8H2,2-4H3,(H,14,18)(H,16,17). The second kappa shape index (κ2) is 5.42. The molecule has 0 aromatic heterocycles. The summed E-state index contributed by atoms with van der Waals surface area (Å²) in [5.41, 5.74) is -1.16. The van der Waals surface area contributed by atoms with E-state index in [1.165, 1.54) is 0 Å². The third-order valence-corrected chi connectivity index (χ3v) is 3.41. The summed E-state index contributed by atoms with van der Waals surface area (Å²) in [6.07, 6.45) is 3.34. The Hall–Kier alpha value is -1.52. The zero-order chi connectivity index (χ0) is 13.9. The Balaban J connectivity index is 2.77. The molecular weight excluding hydrogens is 232 g/mol. The molecule has 0 saturated heterocycles. The first-order valence-electron chi connectivity index (χ1n) is 6.26. The highest BCUT2D eigenvalue weighted by atomic mass is 16.4. The van der Waals surface area contributed by atoms with E-state index in [1.54, 1.807) is 17.9 Å². The van der Waals surface area contributed by atoms with Gasteiger partial charge in [0.25, 0.3) is 0 Å². The van der Waals surface area contributed by atoms with Crippen LogP contribution in [0.5, 0.6) is 0 Å². The van der Waals surface area contributed by atoms with Crippen LogP contribution in [0.15, 0.2) is 12.7 Å². The summed E-state index contributed by atoms with van der Waals surface area (Å²) in [5.74, 6) is -0.933. The van der Waals surface area contributed by atoms with Crippen molar-refractivity contribution < 1.29 is 14.7 Å². The Bertz CT molecular complexity index is 350. The number of carboxylic acids is 1. The summed E-state index contributed by atoms with van der Waals surface area (Å²) in [7, 11) is 0. The smallest absolute Gasteiger partial charge is 0.329 e.